The predicted molar refractivity (Wildman–Crippen MR) is 96.2 cm³/mol. The van der Waals surface area contributed by atoms with Gasteiger partial charge >= 0.3 is 0 Å². The number of rotatable bonds is 4. The second-order valence-electron chi connectivity index (χ2n) is 7.17. The van der Waals surface area contributed by atoms with E-state index in [0.717, 1.165) is 55.3 Å². The number of nitrogens with zero attached hydrogens (tertiary/aromatic N) is 1. The van der Waals surface area contributed by atoms with Crippen molar-refractivity contribution in [3.05, 3.63) is 51.9 Å². The van der Waals surface area contributed by atoms with E-state index in [9.17, 15) is 9.59 Å². The lowest BCUT2D eigenvalue weighted by Crippen LogP contribution is -2.30. The van der Waals surface area contributed by atoms with Crippen molar-refractivity contribution in [2.45, 2.75) is 38.5 Å². The summed E-state index contributed by atoms with van der Waals surface area (Å²) in [7, 11) is 0. The number of H-pyrrole nitrogens is 1. The monoisotopic (exact) mass is 337 g/mol. The van der Waals surface area contributed by atoms with Crippen LogP contribution in [-0.2, 0) is 17.6 Å². The summed E-state index contributed by atoms with van der Waals surface area (Å²) in [5, 5.41) is 3.08. The van der Waals surface area contributed by atoms with Crippen LogP contribution >= 0.6 is 0 Å². The van der Waals surface area contributed by atoms with Gasteiger partial charge in [-0.15, -0.1) is 0 Å². The zero-order valence-corrected chi connectivity index (χ0v) is 14.3. The Labute approximate surface area is 146 Å². The summed E-state index contributed by atoms with van der Waals surface area (Å²) in [6.45, 7) is 0.715. The van der Waals surface area contributed by atoms with Crippen LogP contribution in [0.3, 0.4) is 0 Å². The third-order valence-electron chi connectivity index (χ3n) is 5.25. The molecular weight excluding hydrogens is 314 g/mol. The summed E-state index contributed by atoms with van der Waals surface area (Å²) in [6.07, 6.45) is 5.47. The van der Waals surface area contributed by atoms with E-state index in [0.29, 0.717) is 18.3 Å². The number of aromatic nitrogens is 2. The molecule has 1 heterocycles. The highest BCUT2D eigenvalue weighted by Gasteiger charge is 2.30. The maximum absolute atomic E-state index is 12.5. The largest absolute Gasteiger partial charge is 0.356 e. The molecule has 5 nitrogen and oxygen atoms in total. The lowest BCUT2D eigenvalue weighted by atomic mass is 10.00. The SMILES string of the molecule is O=C(NCC1CCc2nc(-c3ccccc3)[nH]c(=O)c2CC1)C1CC1. The summed E-state index contributed by atoms with van der Waals surface area (Å²) in [6, 6.07) is 9.75. The third-order valence-corrected chi connectivity index (χ3v) is 5.25. The van der Waals surface area contributed by atoms with Crippen LogP contribution in [0.1, 0.15) is 36.9 Å². The number of carbonyl (C=O) groups excluding carboxylic acids is 1. The highest BCUT2D eigenvalue weighted by molar-refractivity contribution is 5.80. The maximum atomic E-state index is 12.5. The molecule has 130 valence electrons. The Kier molecular flexibility index (Phi) is 4.38. The number of fused-ring (bicyclic) bond motifs is 1. The van der Waals surface area contributed by atoms with Gasteiger partial charge in [-0.25, -0.2) is 4.98 Å². The average Bonchev–Trinajstić information content (AvgIpc) is 3.48. The molecular formula is C20H23N3O2. The Morgan fingerprint density at radius 2 is 1.88 bits per heavy atom. The number of amides is 1. The van der Waals surface area contributed by atoms with Crippen molar-refractivity contribution >= 4 is 5.91 Å². The number of aromatic amines is 1. The van der Waals surface area contributed by atoms with Gasteiger partial charge in [-0.2, -0.15) is 0 Å². The number of nitrogens with one attached hydrogen (secondary N) is 2. The molecule has 0 bridgehead atoms. The fraction of sp³-hybridized carbons (Fsp3) is 0.450. The van der Waals surface area contributed by atoms with E-state index < -0.39 is 0 Å². The number of aryl methyl sites for hydroxylation is 1. The summed E-state index contributed by atoms with van der Waals surface area (Å²) in [5.74, 6) is 1.51. The van der Waals surface area contributed by atoms with Crippen molar-refractivity contribution in [3.63, 3.8) is 0 Å². The van der Waals surface area contributed by atoms with Crippen molar-refractivity contribution in [1.29, 1.82) is 0 Å². The summed E-state index contributed by atoms with van der Waals surface area (Å²) < 4.78 is 0. The Bertz CT molecular complexity index is 825. The Morgan fingerprint density at radius 3 is 2.64 bits per heavy atom. The van der Waals surface area contributed by atoms with Gasteiger partial charge in [0, 0.05) is 23.6 Å². The van der Waals surface area contributed by atoms with Crippen molar-refractivity contribution in [3.8, 4) is 11.4 Å². The molecule has 1 aromatic heterocycles. The molecule has 1 saturated carbocycles. The molecule has 2 N–H and O–H groups in total. The van der Waals surface area contributed by atoms with Crippen LogP contribution < -0.4 is 10.9 Å². The van der Waals surface area contributed by atoms with Gasteiger partial charge in [0.25, 0.3) is 5.56 Å². The van der Waals surface area contributed by atoms with Crippen molar-refractivity contribution < 1.29 is 4.79 Å². The van der Waals surface area contributed by atoms with Crippen LogP contribution in [0.15, 0.2) is 35.1 Å². The zero-order valence-electron chi connectivity index (χ0n) is 14.3. The van der Waals surface area contributed by atoms with Crippen LogP contribution in [0, 0.1) is 11.8 Å². The number of hydrogen-bond donors (Lipinski definition) is 2. The van der Waals surface area contributed by atoms with E-state index >= 15 is 0 Å². The highest BCUT2D eigenvalue weighted by Crippen LogP contribution is 2.29. The molecule has 5 heteroatoms. The Morgan fingerprint density at radius 1 is 1.12 bits per heavy atom. The standard InChI is InChI=1S/C20H23N3O2/c24-19(15-8-9-15)21-12-13-6-10-16-17(11-7-13)22-18(23-20(16)25)14-4-2-1-3-5-14/h1-5,13,15H,6-12H2,(H,21,24)(H,22,23,25). The molecule has 1 atom stereocenters. The molecule has 1 amide bonds. The van der Waals surface area contributed by atoms with E-state index in [2.05, 4.69) is 10.3 Å². The molecule has 2 aliphatic rings. The molecule has 2 aromatic rings. The third kappa shape index (κ3) is 3.65. The maximum Gasteiger partial charge on any atom is 0.254 e. The molecule has 25 heavy (non-hydrogen) atoms. The van der Waals surface area contributed by atoms with Gasteiger partial charge < -0.3 is 10.3 Å². The van der Waals surface area contributed by atoms with E-state index in [1.807, 2.05) is 30.3 Å². The molecule has 0 radical (unpaired) electrons. The van der Waals surface area contributed by atoms with Crippen molar-refractivity contribution in [2.24, 2.45) is 11.8 Å². The minimum absolute atomic E-state index is 0.0217. The van der Waals surface area contributed by atoms with E-state index in [1.165, 1.54) is 0 Å². The van der Waals surface area contributed by atoms with Gasteiger partial charge in [0.05, 0.1) is 5.69 Å². The van der Waals surface area contributed by atoms with Crippen LogP contribution in [0.2, 0.25) is 0 Å². The predicted octanol–water partition coefficient (Wildman–Crippen LogP) is 2.46. The highest BCUT2D eigenvalue weighted by atomic mass is 16.2. The minimum Gasteiger partial charge on any atom is -0.356 e. The smallest absolute Gasteiger partial charge is 0.254 e. The molecule has 1 fully saturated rings. The molecule has 0 aliphatic heterocycles. The summed E-state index contributed by atoms with van der Waals surface area (Å²) in [4.78, 5) is 32.0. The van der Waals surface area contributed by atoms with Crippen LogP contribution in [-0.4, -0.2) is 22.4 Å². The number of benzene rings is 1. The molecule has 0 spiro atoms. The van der Waals surface area contributed by atoms with Crippen LogP contribution in [0.4, 0.5) is 0 Å². The van der Waals surface area contributed by atoms with E-state index in [1.54, 1.807) is 0 Å². The lowest BCUT2D eigenvalue weighted by Gasteiger charge is -2.14. The first-order valence-corrected chi connectivity index (χ1v) is 9.16. The normalized spacial score (nSPS) is 19.8. The Balaban J connectivity index is 1.48. The van der Waals surface area contributed by atoms with E-state index in [4.69, 9.17) is 4.98 Å². The summed E-state index contributed by atoms with van der Waals surface area (Å²) >= 11 is 0. The van der Waals surface area contributed by atoms with Gasteiger partial charge in [-0.05, 0) is 44.4 Å². The lowest BCUT2D eigenvalue weighted by molar-refractivity contribution is -0.122. The van der Waals surface area contributed by atoms with Crippen molar-refractivity contribution in [1.82, 2.24) is 15.3 Å². The minimum atomic E-state index is -0.0217. The average molecular weight is 337 g/mol. The second kappa shape index (κ2) is 6.82. The fourth-order valence-corrected chi connectivity index (χ4v) is 3.51. The van der Waals surface area contributed by atoms with Gasteiger partial charge in [0.1, 0.15) is 5.82 Å². The quantitative estimate of drug-likeness (QED) is 0.842. The first kappa shape index (κ1) is 16.1. The zero-order chi connectivity index (χ0) is 17.2. The summed E-state index contributed by atoms with van der Waals surface area (Å²) in [5.41, 5.74) is 2.64. The first-order valence-electron chi connectivity index (χ1n) is 9.16. The number of carbonyl (C=O) groups is 1. The molecule has 1 aromatic carbocycles. The number of hydrogen-bond acceptors (Lipinski definition) is 3. The van der Waals surface area contributed by atoms with Gasteiger partial charge in [-0.3, -0.25) is 9.59 Å². The van der Waals surface area contributed by atoms with Gasteiger partial charge in [0.15, 0.2) is 0 Å². The molecule has 4 rings (SSSR count). The molecule has 0 saturated heterocycles. The van der Waals surface area contributed by atoms with Gasteiger partial charge in [0.2, 0.25) is 5.91 Å². The van der Waals surface area contributed by atoms with Crippen molar-refractivity contribution in [2.75, 3.05) is 6.54 Å². The molecule has 1 unspecified atom stereocenters. The Hall–Kier alpha value is -2.43. The van der Waals surface area contributed by atoms with E-state index in [-0.39, 0.29) is 17.4 Å². The second-order valence-corrected chi connectivity index (χ2v) is 7.17. The van der Waals surface area contributed by atoms with Gasteiger partial charge in [-0.1, -0.05) is 30.3 Å². The first-order chi connectivity index (χ1) is 12.2. The van der Waals surface area contributed by atoms with Crippen LogP contribution in [0.5, 0.6) is 0 Å². The van der Waals surface area contributed by atoms with Crippen LogP contribution in [0.25, 0.3) is 11.4 Å². The topological polar surface area (TPSA) is 74.8 Å². The fourth-order valence-electron chi connectivity index (χ4n) is 3.51. The molecule has 2 aliphatic carbocycles.